The van der Waals surface area contributed by atoms with Crippen molar-refractivity contribution in [3.63, 3.8) is 0 Å². The molecular formula is C24H28N2O2. The molecule has 2 aromatic carbocycles. The Bertz CT molecular complexity index is 890. The molecule has 0 saturated heterocycles. The molecule has 0 fully saturated rings. The molecule has 1 amide bonds. The highest BCUT2D eigenvalue weighted by atomic mass is 16.5. The predicted octanol–water partition coefficient (Wildman–Crippen LogP) is 4.59. The van der Waals surface area contributed by atoms with Crippen LogP contribution in [0.15, 0.2) is 54.6 Å². The molecule has 3 atom stereocenters. The summed E-state index contributed by atoms with van der Waals surface area (Å²) in [4.78, 5) is 12.9. The maximum atomic E-state index is 12.9. The molecule has 146 valence electrons. The molecule has 0 aromatic heterocycles. The number of carbonyl (C=O) groups is 1. The van der Waals surface area contributed by atoms with Crippen molar-refractivity contribution < 1.29 is 9.53 Å². The van der Waals surface area contributed by atoms with Crippen LogP contribution in [0.1, 0.15) is 51.8 Å². The summed E-state index contributed by atoms with van der Waals surface area (Å²) in [6.07, 6.45) is 6.47. The summed E-state index contributed by atoms with van der Waals surface area (Å²) in [7, 11) is 1.68. The smallest absolute Gasteiger partial charge is 0.253 e. The Hall–Kier alpha value is -2.59. The molecule has 1 aliphatic carbocycles. The number of hydrogen-bond acceptors (Lipinski definition) is 3. The molecule has 1 heterocycles. The third-order valence-electron chi connectivity index (χ3n) is 5.85. The van der Waals surface area contributed by atoms with Crippen LogP contribution in [0.5, 0.6) is 0 Å². The van der Waals surface area contributed by atoms with Gasteiger partial charge in [-0.05, 0) is 42.9 Å². The lowest BCUT2D eigenvalue weighted by atomic mass is 9.76. The Morgan fingerprint density at radius 2 is 2.11 bits per heavy atom. The van der Waals surface area contributed by atoms with Gasteiger partial charge >= 0.3 is 0 Å². The van der Waals surface area contributed by atoms with Crippen molar-refractivity contribution in [3.8, 4) is 0 Å². The normalized spacial score (nSPS) is 22.3. The number of rotatable bonds is 6. The van der Waals surface area contributed by atoms with Gasteiger partial charge in [-0.3, -0.25) is 4.79 Å². The molecule has 4 nitrogen and oxygen atoms in total. The lowest BCUT2D eigenvalue weighted by Crippen LogP contribution is -2.32. The van der Waals surface area contributed by atoms with Gasteiger partial charge in [0.05, 0.1) is 17.3 Å². The summed E-state index contributed by atoms with van der Waals surface area (Å²) in [5, 5.41) is 6.77. The number of hydrogen-bond donors (Lipinski definition) is 2. The van der Waals surface area contributed by atoms with Crippen LogP contribution in [-0.2, 0) is 4.74 Å². The molecule has 3 unspecified atom stereocenters. The number of amides is 1. The van der Waals surface area contributed by atoms with Crippen molar-refractivity contribution >= 4 is 11.6 Å². The standard InChI is InChI=1S/C24H28N2O2/c1-16-7-3-8-17(15-16)22-19-10-4-9-18(19)20-11-5-12-21(23(20)26-22)24(27)25-13-6-14-28-2/h3-5,7-9,11-12,15,18-19,22,26H,6,10,13-14H2,1-2H3,(H,25,27). The SMILES string of the molecule is COCCCNC(=O)c1cccc2c1NC(c1cccc(C)c1)C1CC=CC21. The van der Waals surface area contributed by atoms with Crippen molar-refractivity contribution in [1.82, 2.24) is 5.32 Å². The van der Waals surface area contributed by atoms with E-state index in [0.29, 0.717) is 25.0 Å². The Morgan fingerprint density at radius 1 is 1.25 bits per heavy atom. The number of benzene rings is 2. The Balaban J connectivity index is 1.66. The van der Waals surface area contributed by atoms with Gasteiger partial charge < -0.3 is 15.4 Å². The topological polar surface area (TPSA) is 50.4 Å². The van der Waals surface area contributed by atoms with E-state index in [1.807, 2.05) is 12.1 Å². The van der Waals surface area contributed by atoms with Gasteiger partial charge in [-0.25, -0.2) is 0 Å². The summed E-state index contributed by atoms with van der Waals surface area (Å²) in [6, 6.07) is 15.0. The second-order valence-electron chi connectivity index (χ2n) is 7.76. The Labute approximate surface area is 167 Å². The number of aryl methyl sites for hydroxylation is 1. The van der Waals surface area contributed by atoms with Crippen LogP contribution in [-0.4, -0.2) is 26.2 Å². The fourth-order valence-electron chi connectivity index (χ4n) is 4.52. The van der Waals surface area contributed by atoms with Gasteiger partial charge in [-0.1, -0.05) is 54.1 Å². The summed E-state index contributed by atoms with van der Waals surface area (Å²) in [5.41, 5.74) is 5.49. The zero-order valence-corrected chi connectivity index (χ0v) is 16.6. The van der Waals surface area contributed by atoms with Gasteiger partial charge in [0, 0.05) is 26.2 Å². The van der Waals surface area contributed by atoms with Crippen LogP contribution >= 0.6 is 0 Å². The van der Waals surface area contributed by atoms with Crippen molar-refractivity contribution in [2.45, 2.75) is 31.7 Å². The van der Waals surface area contributed by atoms with E-state index in [9.17, 15) is 4.79 Å². The molecule has 0 saturated carbocycles. The quantitative estimate of drug-likeness (QED) is 0.573. The maximum absolute atomic E-state index is 12.9. The number of allylic oxidation sites excluding steroid dienone is 2. The maximum Gasteiger partial charge on any atom is 0.253 e. The first-order valence-electron chi connectivity index (χ1n) is 10.1. The highest BCUT2D eigenvalue weighted by molar-refractivity contribution is 6.00. The van der Waals surface area contributed by atoms with E-state index in [4.69, 9.17) is 4.74 Å². The number of nitrogens with one attached hydrogen (secondary N) is 2. The van der Waals surface area contributed by atoms with Crippen LogP contribution in [0.2, 0.25) is 0 Å². The largest absolute Gasteiger partial charge is 0.385 e. The highest BCUT2D eigenvalue weighted by Gasteiger charge is 2.39. The molecule has 2 N–H and O–H groups in total. The average molecular weight is 377 g/mol. The third-order valence-corrected chi connectivity index (χ3v) is 5.85. The van der Waals surface area contributed by atoms with Crippen molar-refractivity contribution in [2.24, 2.45) is 5.92 Å². The second-order valence-corrected chi connectivity index (χ2v) is 7.76. The number of para-hydroxylation sites is 1. The monoisotopic (exact) mass is 376 g/mol. The minimum atomic E-state index is -0.0242. The van der Waals surface area contributed by atoms with E-state index < -0.39 is 0 Å². The first-order valence-corrected chi connectivity index (χ1v) is 10.1. The number of fused-ring (bicyclic) bond motifs is 3. The van der Waals surface area contributed by atoms with Crippen LogP contribution < -0.4 is 10.6 Å². The van der Waals surface area contributed by atoms with Gasteiger partial charge in [-0.15, -0.1) is 0 Å². The zero-order chi connectivity index (χ0) is 19.5. The summed E-state index contributed by atoms with van der Waals surface area (Å²) >= 11 is 0. The number of ether oxygens (including phenoxy) is 1. The molecular weight excluding hydrogens is 348 g/mol. The van der Waals surface area contributed by atoms with Gasteiger partial charge in [-0.2, -0.15) is 0 Å². The van der Waals surface area contributed by atoms with E-state index in [1.165, 1.54) is 16.7 Å². The van der Waals surface area contributed by atoms with E-state index in [2.05, 4.69) is 60.0 Å². The molecule has 0 bridgehead atoms. The lowest BCUT2D eigenvalue weighted by Gasteiger charge is -2.38. The van der Waals surface area contributed by atoms with E-state index in [1.54, 1.807) is 7.11 Å². The van der Waals surface area contributed by atoms with E-state index in [0.717, 1.165) is 24.1 Å². The minimum absolute atomic E-state index is 0.0242. The van der Waals surface area contributed by atoms with Gasteiger partial charge in [0.25, 0.3) is 5.91 Å². The first-order chi connectivity index (χ1) is 13.7. The molecule has 4 rings (SSSR count). The highest BCUT2D eigenvalue weighted by Crippen LogP contribution is 2.50. The minimum Gasteiger partial charge on any atom is -0.385 e. The van der Waals surface area contributed by atoms with Crippen LogP contribution in [0, 0.1) is 12.8 Å². The average Bonchev–Trinajstić information content (AvgIpc) is 3.20. The van der Waals surface area contributed by atoms with E-state index in [-0.39, 0.29) is 11.9 Å². The van der Waals surface area contributed by atoms with Gasteiger partial charge in [0.2, 0.25) is 0 Å². The molecule has 0 radical (unpaired) electrons. The van der Waals surface area contributed by atoms with E-state index >= 15 is 0 Å². The molecule has 0 spiro atoms. The fraction of sp³-hybridized carbons (Fsp3) is 0.375. The number of methoxy groups -OCH3 is 1. The zero-order valence-electron chi connectivity index (χ0n) is 16.6. The predicted molar refractivity (Wildman–Crippen MR) is 113 cm³/mol. The van der Waals surface area contributed by atoms with Crippen LogP contribution in [0.4, 0.5) is 5.69 Å². The third kappa shape index (κ3) is 3.57. The van der Waals surface area contributed by atoms with Crippen LogP contribution in [0.3, 0.4) is 0 Å². The summed E-state index contributed by atoms with van der Waals surface area (Å²) < 4.78 is 5.07. The molecule has 28 heavy (non-hydrogen) atoms. The molecule has 1 aliphatic heterocycles. The summed E-state index contributed by atoms with van der Waals surface area (Å²) in [6.45, 7) is 3.39. The Morgan fingerprint density at radius 3 is 2.93 bits per heavy atom. The fourth-order valence-corrected chi connectivity index (χ4v) is 4.52. The van der Waals surface area contributed by atoms with Gasteiger partial charge in [0.1, 0.15) is 0 Å². The number of anilines is 1. The second kappa shape index (κ2) is 8.19. The first kappa shape index (κ1) is 18.8. The van der Waals surface area contributed by atoms with Crippen molar-refractivity contribution in [2.75, 3.05) is 25.6 Å². The Kier molecular flexibility index (Phi) is 5.49. The molecule has 2 aliphatic rings. The molecule has 4 heteroatoms. The lowest BCUT2D eigenvalue weighted by molar-refractivity contribution is 0.0949. The number of carbonyl (C=O) groups excluding carboxylic acids is 1. The van der Waals surface area contributed by atoms with Crippen molar-refractivity contribution in [1.29, 1.82) is 0 Å². The van der Waals surface area contributed by atoms with Crippen molar-refractivity contribution in [3.05, 3.63) is 76.9 Å². The van der Waals surface area contributed by atoms with Crippen LogP contribution in [0.25, 0.3) is 0 Å². The van der Waals surface area contributed by atoms with Gasteiger partial charge in [0.15, 0.2) is 0 Å². The molecule has 2 aromatic rings. The summed E-state index contributed by atoms with van der Waals surface area (Å²) in [5.74, 6) is 0.807.